The van der Waals surface area contributed by atoms with E-state index in [0.29, 0.717) is 21.1 Å². The number of aryl methyl sites for hydroxylation is 2. The van der Waals surface area contributed by atoms with Gasteiger partial charge in [0.25, 0.3) is 5.91 Å². The summed E-state index contributed by atoms with van der Waals surface area (Å²) >= 11 is 1.17. The molecule has 5 nitrogen and oxygen atoms in total. The van der Waals surface area contributed by atoms with Gasteiger partial charge in [-0.05, 0) is 42.3 Å². The number of anilines is 1. The lowest BCUT2D eigenvalue weighted by molar-refractivity contribution is -0.117. The number of aliphatic hydroxyl groups excluding tert-OH is 1. The van der Waals surface area contributed by atoms with E-state index < -0.39 is 35.1 Å². The minimum absolute atomic E-state index is 0.0217. The maximum atomic E-state index is 14.2. The molecule has 0 fully saturated rings. The molecule has 1 aliphatic rings. The van der Waals surface area contributed by atoms with E-state index in [1.54, 1.807) is 26.0 Å². The molecule has 4 aromatic rings. The molecule has 1 atom stereocenters. The zero-order chi connectivity index (χ0) is 24.1. The zero-order valence-corrected chi connectivity index (χ0v) is 19.0. The Morgan fingerprint density at radius 3 is 2.47 bits per heavy atom. The number of aliphatic hydroxyl groups is 1. The zero-order valence-electron chi connectivity index (χ0n) is 18.2. The Morgan fingerprint density at radius 2 is 1.76 bits per heavy atom. The van der Waals surface area contributed by atoms with Crippen LogP contribution in [-0.4, -0.2) is 21.8 Å². The molecular weight excluding hydrogens is 458 g/mol. The molecule has 2 heterocycles. The van der Waals surface area contributed by atoms with Crippen molar-refractivity contribution in [1.29, 1.82) is 0 Å². The summed E-state index contributed by atoms with van der Waals surface area (Å²) in [5.41, 5.74) is 0.955. The van der Waals surface area contributed by atoms with Crippen molar-refractivity contribution in [2.45, 2.75) is 19.9 Å². The highest BCUT2D eigenvalue weighted by molar-refractivity contribution is 7.14. The number of amides is 1. The summed E-state index contributed by atoms with van der Waals surface area (Å²) in [5, 5.41) is 13.2. The van der Waals surface area contributed by atoms with Gasteiger partial charge in [0, 0.05) is 11.8 Å². The molecule has 1 amide bonds. The first kappa shape index (κ1) is 21.9. The Bertz CT molecular complexity index is 1520. The van der Waals surface area contributed by atoms with Crippen molar-refractivity contribution in [2.24, 2.45) is 0 Å². The van der Waals surface area contributed by atoms with E-state index in [4.69, 9.17) is 0 Å². The number of Topliss-reactive ketones (excluding diaryl/α,β-unsaturated/α-hetero) is 1. The van der Waals surface area contributed by atoms with E-state index >= 15 is 0 Å². The molecule has 3 aromatic carbocycles. The molecule has 1 unspecified atom stereocenters. The summed E-state index contributed by atoms with van der Waals surface area (Å²) < 4.78 is 27.8. The normalized spacial score (nSPS) is 16.1. The predicted octanol–water partition coefficient (Wildman–Crippen LogP) is 5.97. The Balaban J connectivity index is 1.77. The fourth-order valence-electron chi connectivity index (χ4n) is 4.39. The average Bonchev–Trinajstić information content (AvgIpc) is 3.30. The minimum Gasteiger partial charge on any atom is -0.503 e. The summed E-state index contributed by atoms with van der Waals surface area (Å²) in [6.45, 7) is 3.45. The lowest BCUT2D eigenvalue weighted by Crippen LogP contribution is -2.31. The van der Waals surface area contributed by atoms with Crippen molar-refractivity contribution in [3.63, 3.8) is 0 Å². The largest absolute Gasteiger partial charge is 0.503 e. The number of hydrogen-bond acceptors (Lipinski definition) is 5. The summed E-state index contributed by atoms with van der Waals surface area (Å²) in [7, 11) is 0. The number of carbonyl (C=O) groups excluding carboxylic acids is 2. The van der Waals surface area contributed by atoms with Gasteiger partial charge in [0.1, 0.15) is 0 Å². The first-order valence-corrected chi connectivity index (χ1v) is 11.3. The van der Waals surface area contributed by atoms with Crippen LogP contribution in [0.3, 0.4) is 0 Å². The number of fused-ring (bicyclic) bond motifs is 1. The van der Waals surface area contributed by atoms with Crippen LogP contribution in [0.4, 0.5) is 14.5 Å². The Labute approximate surface area is 197 Å². The summed E-state index contributed by atoms with van der Waals surface area (Å²) in [6, 6.07) is 14.8. The average molecular weight is 477 g/mol. The van der Waals surface area contributed by atoms with Gasteiger partial charge in [-0.1, -0.05) is 42.5 Å². The van der Waals surface area contributed by atoms with Gasteiger partial charge in [0.15, 0.2) is 17.4 Å². The quantitative estimate of drug-likeness (QED) is 0.368. The lowest BCUT2D eigenvalue weighted by Gasteiger charge is -2.28. The van der Waals surface area contributed by atoms with Gasteiger partial charge in [0.2, 0.25) is 5.78 Å². The van der Waals surface area contributed by atoms with Crippen LogP contribution in [0.5, 0.6) is 0 Å². The third kappa shape index (κ3) is 3.38. The number of benzene rings is 3. The monoisotopic (exact) mass is 476 g/mol. The molecule has 8 heteroatoms. The maximum Gasteiger partial charge on any atom is 0.294 e. The van der Waals surface area contributed by atoms with E-state index in [-0.39, 0.29) is 11.3 Å². The maximum absolute atomic E-state index is 14.2. The third-order valence-corrected chi connectivity index (χ3v) is 6.93. The molecule has 34 heavy (non-hydrogen) atoms. The van der Waals surface area contributed by atoms with E-state index in [1.165, 1.54) is 17.4 Å². The highest BCUT2D eigenvalue weighted by atomic mass is 32.1. The number of halogens is 2. The molecule has 1 aromatic heterocycles. The van der Waals surface area contributed by atoms with Crippen LogP contribution in [0, 0.1) is 25.5 Å². The van der Waals surface area contributed by atoms with Crippen molar-refractivity contribution >= 4 is 39.5 Å². The Hall–Kier alpha value is -3.91. The molecule has 0 spiro atoms. The SMILES string of the molecule is Cc1nc(C)c(C(=O)C2=C(O)C(=O)N(c3ccc(F)c(F)c3)C2c2cccc3ccccc23)s1. The van der Waals surface area contributed by atoms with Crippen molar-refractivity contribution in [3.8, 4) is 0 Å². The van der Waals surface area contributed by atoms with E-state index in [1.807, 2.05) is 30.3 Å². The molecule has 0 bridgehead atoms. The number of rotatable bonds is 4. The fraction of sp³-hybridized carbons (Fsp3) is 0.115. The summed E-state index contributed by atoms with van der Waals surface area (Å²) in [4.78, 5) is 32.7. The molecule has 0 aliphatic carbocycles. The number of ketones is 1. The number of nitrogens with zero attached hydrogens (tertiary/aromatic N) is 2. The van der Waals surface area contributed by atoms with Gasteiger partial charge >= 0.3 is 0 Å². The predicted molar refractivity (Wildman–Crippen MR) is 126 cm³/mol. The van der Waals surface area contributed by atoms with E-state index in [9.17, 15) is 23.5 Å². The van der Waals surface area contributed by atoms with E-state index in [0.717, 1.165) is 27.8 Å². The van der Waals surface area contributed by atoms with Gasteiger partial charge in [-0.3, -0.25) is 14.5 Å². The van der Waals surface area contributed by atoms with Crippen molar-refractivity contribution in [2.75, 3.05) is 4.90 Å². The Kier molecular flexibility index (Phi) is 5.25. The van der Waals surface area contributed by atoms with Gasteiger partial charge in [-0.2, -0.15) is 0 Å². The van der Waals surface area contributed by atoms with Gasteiger partial charge in [-0.15, -0.1) is 11.3 Å². The Morgan fingerprint density at radius 1 is 1.03 bits per heavy atom. The number of carbonyl (C=O) groups is 2. The second-order valence-corrected chi connectivity index (χ2v) is 9.19. The smallest absolute Gasteiger partial charge is 0.294 e. The highest BCUT2D eigenvalue weighted by Crippen LogP contribution is 2.44. The fourth-order valence-corrected chi connectivity index (χ4v) is 5.26. The topological polar surface area (TPSA) is 70.5 Å². The van der Waals surface area contributed by atoms with Gasteiger partial charge in [-0.25, -0.2) is 13.8 Å². The standard InChI is InChI=1S/C26H18F2N2O3S/c1-13-25(34-14(2)29-13)23(31)21-22(18-9-5-7-15-6-3-4-8-17(15)18)30(26(33)24(21)32)16-10-11-19(27)20(28)12-16/h3-12,22,32H,1-2H3. The second kappa shape index (κ2) is 8.14. The van der Waals surface area contributed by atoms with Crippen LogP contribution in [-0.2, 0) is 4.79 Å². The first-order chi connectivity index (χ1) is 16.3. The number of aromatic nitrogens is 1. The van der Waals surface area contributed by atoms with Crippen LogP contribution in [0.1, 0.15) is 32.0 Å². The van der Waals surface area contributed by atoms with Crippen LogP contribution >= 0.6 is 11.3 Å². The molecular formula is C26H18F2N2O3S. The van der Waals surface area contributed by atoms with Crippen molar-refractivity contribution < 1.29 is 23.5 Å². The second-order valence-electron chi connectivity index (χ2n) is 7.98. The highest BCUT2D eigenvalue weighted by Gasteiger charge is 2.46. The lowest BCUT2D eigenvalue weighted by atomic mass is 9.91. The number of thiazole rings is 1. The summed E-state index contributed by atoms with van der Waals surface area (Å²) in [5.74, 6) is -4.34. The van der Waals surface area contributed by atoms with Crippen LogP contribution in [0.25, 0.3) is 10.8 Å². The van der Waals surface area contributed by atoms with Crippen LogP contribution in [0.2, 0.25) is 0 Å². The molecule has 5 rings (SSSR count). The third-order valence-electron chi connectivity index (χ3n) is 5.86. The van der Waals surface area contributed by atoms with Crippen LogP contribution < -0.4 is 4.90 Å². The minimum atomic E-state index is -1.14. The van der Waals surface area contributed by atoms with E-state index in [2.05, 4.69) is 4.98 Å². The van der Waals surface area contributed by atoms with Crippen molar-refractivity contribution in [3.05, 3.63) is 105 Å². The first-order valence-electron chi connectivity index (χ1n) is 10.5. The van der Waals surface area contributed by atoms with Crippen LogP contribution in [0.15, 0.2) is 72.0 Å². The van der Waals surface area contributed by atoms with Gasteiger partial charge in [0.05, 0.1) is 27.2 Å². The molecule has 0 radical (unpaired) electrons. The summed E-state index contributed by atoms with van der Waals surface area (Å²) in [6.07, 6.45) is 0. The van der Waals surface area contributed by atoms with Crippen molar-refractivity contribution in [1.82, 2.24) is 4.98 Å². The van der Waals surface area contributed by atoms with Gasteiger partial charge < -0.3 is 5.11 Å². The number of hydrogen-bond donors (Lipinski definition) is 1. The molecule has 1 aliphatic heterocycles. The molecule has 0 saturated heterocycles. The molecule has 0 saturated carbocycles. The molecule has 170 valence electrons. The molecule has 1 N–H and O–H groups in total.